The van der Waals surface area contributed by atoms with E-state index in [9.17, 15) is 10.1 Å². The summed E-state index contributed by atoms with van der Waals surface area (Å²) in [5.41, 5.74) is 23.5. The fourth-order valence-corrected chi connectivity index (χ4v) is 6.72. The molecule has 0 spiro atoms. The van der Waals surface area contributed by atoms with Gasteiger partial charge >= 0.3 is 0 Å². The molecule has 0 aromatic heterocycles. The molecule has 6 N–H and O–H groups in total. The molecule has 7 nitrogen and oxygen atoms in total. The van der Waals surface area contributed by atoms with Crippen LogP contribution in [0.25, 0.3) is 0 Å². The summed E-state index contributed by atoms with van der Waals surface area (Å²) < 4.78 is 12.0. The highest BCUT2D eigenvalue weighted by Gasteiger charge is 2.52. The second kappa shape index (κ2) is 10.0. The number of aryl methyl sites for hydroxylation is 1. The van der Waals surface area contributed by atoms with Gasteiger partial charge in [0, 0.05) is 22.3 Å². The predicted molar refractivity (Wildman–Crippen MR) is 155 cm³/mol. The van der Waals surface area contributed by atoms with Crippen LogP contribution in [-0.2, 0) is 16.9 Å². The molecule has 3 unspecified atom stereocenters. The molecule has 0 saturated carbocycles. The maximum absolute atomic E-state index is 13.7. The zero-order valence-corrected chi connectivity index (χ0v) is 22.6. The lowest BCUT2D eigenvalue weighted by atomic mass is 9.66. The summed E-state index contributed by atoms with van der Waals surface area (Å²) in [7, 11) is 0. The number of para-hydroxylation sites is 1. The summed E-state index contributed by atoms with van der Waals surface area (Å²) in [6, 6.07) is 25.3. The lowest BCUT2D eigenvalue weighted by Gasteiger charge is -2.41. The molecular weight excluding hydrogens is 520 g/mol. The van der Waals surface area contributed by atoms with Crippen molar-refractivity contribution < 1.29 is 14.3 Å². The van der Waals surface area contributed by atoms with Gasteiger partial charge in [-0.05, 0) is 77.2 Å². The van der Waals surface area contributed by atoms with E-state index in [4.69, 9.17) is 26.7 Å². The summed E-state index contributed by atoms with van der Waals surface area (Å²) in [6.45, 7) is 2.20. The number of benzene rings is 4. The smallest absolute Gasteiger partial charge is 0.179 e. The SMILES string of the molecule is Cc1cc(Oc2cccc(COc3ccccc3C#N)c2)ccc1C1(N)C(=O)C(N)C2[CH]Sc3c(N)ccc1c32. The summed E-state index contributed by atoms with van der Waals surface area (Å²) in [4.78, 5) is 14.6. The Kier molecular flexibility index (Phi) is 6.51. The molecule has 3 atom stereocenters. The molecule has 199 valence electrons. The van der Waals surface area contributed by atoms with Crippen LogP contribution in [0.15, 0.2) is 83.8 Å². The number of hydrogen-bond donors (Lipinski definition) is 3. The van der Waals surface area contributed by atoms with Gasteiger partial charge in [-0.2, -0.15) is 5.26 Å². The Morgan fingerprint density at radius 1 is 1.00 bits per heavy atom. The molecule has 0 fully saturated rings. The standard InChI is InChI=1S/C32H27N4O3S/c1-18-13-22(39-21-7-4-5-19(14-21)16-38-27-8-3-2-6-20(27)15-33)9-10-24(18)32(36)25-11-12-26(34)30-28(25)23(17-40-30)29(35)31(32)37/h2-14,17,23,29H,16,34-36H2,1H3. The summed E-state index contributed by atoms with van der Waals surface area (Å²) >= 11 is 1.51. The average Bonchev–Trinajstić information content (AvgIpc) is 3.41. The minimum Gasteiger partial charge on any atom is -0.488 e. The number of carbonyl (C=O) groups is 1. The number of anilines is 1. The molecule has 0 bridgehead atoms. The first-order valence-electron chi connectivity index (χ1n) is 12.8. The highest BCUT2D eigenvalue weighted by Crippen LogP contribution is 2.55. The monoisotopic (exact) mass is 547 g/mol. The Hall–Kier alpha value is -4.29. The molecule has 2 aliphatic rings. The van der Waals surface area contributed by atoms with Gasteiger partial charge in [0.1, 0.15) is 35.5 Å². The van der Waals surface area contributed by atoms with Crippen molar-refractivity contribution in [2.45, 2.75) is 35.9 Å². The molecule has 6 rings (SSSR count). The number of nitrogens with two attached hydrogens (primary N) is 3. The zero-order valence-electron chi connectivity index (χ0n) is 21.8. The van der Waals surface area contributed by atoms with Crippen LogP contribution in [-0.4, -0.2) is 11.8 Å². The van der Waals surface area contributed by atoms with Crippen LogP contribution in [0, 0.1) is 24.0 Å². The fraction of sp³-hybridized carbons (Fsp3) is 0.156. The van der Waals surface area contributed by atoms with Crippen molar-refractivity contribution in [3.63, 3.8) is 0 Å². The summed E-state index contributed by atoms with van der Waals surface area (Å²) in [5, 5.41) is 9.29. The molecular formula is C32H27N4O3S. The number of ketones is 1. The van der Waals surface area contributed by atoms with E-state index in [0.29, 0.717) is 34.1 Å². The molecule has 4 aromatic carbocycles. The Morgan fingerprint density at radius 3 is 2.58 bits per heavy atom. The van der Waals surface area contributed by atoms with Gasteiger partial charge in [0.25, 0.3) is 0 Å². The first kappa shape index (κ1) is 26.0. The number of nitrogens with zero attached hydrogens (tertiary/aromatic N) is 1. The Balaban J connectivity index is 1.26. The van der Waals surface area contributed by atoms with Crippen molar-refractivity contribution in [3.8, 4) is 23.3 Å². The Morgan fingerprint density at radius 2 is 1.77 bits per heavy atom. The van der Waals surface area contributed by atoms with Gasteiger partial charge < -0.3 is 26.7 Å². The number of thioether (sulfide) groups is 1. The normalized spacial score (nSPS) is 21.0. The number of Topliss-reactive ketones (excluding diaryl/α,β-unsaturated/α-hetero) is 1. The maximum atomic E-state index is 13.7. The summed E-state index contributed by atoms with van der Waals surface area (Å²) in [5.74, 6) is 3.32. The highest BCUT2D eigenvalue weighted by molar-refractivity contribution is 8.01. The number of hydrogen-bond acceptors (Lipinski definition) is 8. The third-order valence-corrected chi connectivity index (χ3v) is 8.67. The zero-order chi connectivity index (χ0) is 28.0. The minimum atomic E-state index is -1.40. The van der Waals surface area contributed by atoms with Crippen molar-refractivity contribution in [2.75, 3.05) is 5.73 Å². The lowest BCUT2D eigenvalue weighted by Crippen LogP contribution is -2.58. The van der Waals surface area contributed by atoms with E-state index < -0.39 is 11.6 Å². The first-order valence-corrected chi connectivity index (χ1v) is 13.7. The van der Waals surface area contributed by atoms with Gasteiger partial charge in [-0.25, -0.2) is 0 Å². The Labute approximate surface area is 236 Å². The number of ether oxygens (including phenoxy) is 2. The number of rotatable bonds is 6. The maximum Gasteiger partial charge on any atom is 0.179 e. The van der Waals surface area contributed by atoms with E-state index in [-0.39, 0.29) is 18.3 Å². The molecule has 40 heavy (non-hydrogen) atoms. The van der Waals surface area contributed by atoms with E-state index in [0.717, 1.165) is 27.1 Å². The van der Waals surface area contributed by atoms with Crippen molar-refractivity contribution in [3.05, 3.63) is 118 Å². The highest BCUT2D eigenvalue weighted by atomic mass is 32.2. The van der Waals surface area contributed by atoms with Crippen molar-refractivity contribution in [1.29, 1.82) is 5.26 Å². The van der Waals surface area contributed by atoms with Crippen molar-refractivity contribution in [2.24, 2.45) is 11.5 Å². The van der Waals surface area contributed by atoms with Gasteiger partial charge in [0.2, 0.25) is 0 Å². The van der Waals surface area contributed by atoms with E-state index in [1.54, 1.807) is 18.2 Å². The number of nitrogen functional groups attached to an aromatic ring is 1. The van der Waals surface area contributed by atoms with E-state index in [2.05, 4.69) is 6.07 Å². The molecule has 0 saturated heterocycles. The number of nitriles is 1. The fourth-order valence-electron chi connectivity index (χ4n) is 5.56. The van der Waals surface area contributed by atoms with Gasteiger partial charge in [-0.3, -0.25) is 4.79 Å². The van der Waals surface area contributed by atoms with E-state index >= 15 is 0 Å². The molecule has 1 aliphatic carbocycles. The topological polar surface area (TPSA) is 137 Å². The largest absolute Gasteiger partial charge is 0.488 e. The molecule has 1 radical (unpaired) electrons. The third-order valence-electron chi connectivity index (χ3n) is 7.55. The van der Waals surface area contributed by atoms with Crippen LogP contribution in [0.4, 0.5) is 5.69 Å². The minimum absolute atomic E-state index is 0.213. The Bertz CT molecular complexity index is 1700. The quantitative estimate of drug-likeness (QED) is 0.277. The molecule has 0 amide bonds. The van der Waals surface area contributed by atoms with E-state index in [1.807, 2.05) is 73.3 Å². The van der Waals surface area contributed by atoms with Gasteiger partial charge in [0.05, 0.1) is 11.6 Å². The van der Waals surface area contributed by atoms with Crippen LogP contribution in [0.2, 0.25) is 0 Å². The van der Waals surface area contributed by atoms with Gasteiger partial charge in [-0.15, -0.1) is 11.8 Å². The first-order chi connectivity index (χ1) is 19.3. The second-order valence-electron chi connectivity index (χ2n) is 10.0. The van der Waals surface area contributed by atoms with E-state index in [1.165, 1.54) is 11.8 Å². The average molecular weight is 548 g/mol. The lowest BCUT2D eigenvalue weighted by molar-refractivity contribution is -0.125. The van der Waals surface area contributed by atoms with Gasteiger partial charge in [-0.1, -0.05) is 36.4 Å². The van der Waals surface area contributed by atoms with Crippen LogP contribution in [0.3, 0.4) is 0 Å². The van der Waals surface area contributed by atoms with Crippen LogP contribution >= 0.6 is 11.8 Å². The van der Waals surface area contributed by atoms with Crippen LogP contribution in [0.1, 0.15) is 39.3 Å². The molecule has 1 heterocycles. The van der Waals surface area contributed by atoms with Crippen LogP contribution in [0.5, 0.6) is 17.2 Å². The molecule has 1 aliphatic heterocycles. The van der Waals surface area contributed by atoms with Crippen molar-refractivity contribution >= 4 is 23.2 Å². The second-order valence-corrected chi connectivity index (χ2v) is 11.0. The summed E-state index contributed by atoms with van der Waals surface area (Å²) in [6.07, 6.45) is 0. The van der Waals surface area contributed by atoms with Crippen LogP contribution < -0.4 is 26.7 Å². The third kappa shape index (κ3) is 4.20. The van der Waals surface area contributed by atoms with Crippen molar-refractivity contribution in [1.82, 2.24) is 0 Å². The molecule has 4 aromatic rings. The van der Waals surface area contributed by atoms with Gasteiger partial charge in [0.15, 0.2) is 5.78 Å². The molecule has 8 heteroatoms. The number of carbonyl (C=O) groups excluding carboxylic acids is 1. The predicted octanol–water partition coefficient (Wildman–Crippen LogP) is 5.28.